The van der Waals surface area contributed by atoms with Gasteiger partial charge in [-0.05, 0) is 253 Å². The number of rotatable bonds is 24. The first-order valence-corrected chi connectivity index (χ1v) is 48.8. The summed E-state index contributed by atoms with van der Waals surface area (Å²) in [6.45, 7) is 13.1. The molecule has 1 amide bonds. The second kappa shape index (κ2) is 52.2. The Labute approximate surface area is 883 Å². The van der Waals surface area contributed by atoms with Gasteiger partial charge in [0.1, 0.15) is 74.7 Å². The quantitative estimate of drug-likeness (QED) is 0.00949. The van der Waals surface area contributed by atoms with Crippen LogP contribution in [0.4, 0.5) is 26.7 Å². The lowest BCUT2D eigenvalue weighted by atomic mass is 9.83. The Hall–Kier alpha value is -12.8. The monoisotopic (exact) mass is 2120 g/mol. The number of carbonyl (C=O) groups excluding carboxylic acids is 2. The molecule has 5 aliphatic heterocycles. The van der Waals surface area contributed by atoms with E-state index in [4.69, 9.17) is 123 Å². The zero-order valence-electron chi connectivity index (χ0n) is 83.1. The molecule has 0 aromatic heterocycles. The number of methoxy groups -OCH3 is 6. The molecular formula is C115H114Cl6F5N7O14. The van der Waals surface area contributed by atoms with Crippen molar-refractivity contribution in [2.45, 2.75) is 108 Å². The Morgan fingerprint density at radius 3 is 1.33 bits per heavy atom. The van der Waals surface area contributed by atoms with Crippen LogP contribution in [0.15, 0.2) is 322 Å². The van der Waals surface area contributed by atoms with Crippen molar-refractivity contribution in [1.29, 1.82) is 0 Å². The van der Waals surface area contributed by atoms with E-state index in [1.54, 1.807) is 85.0 Å². The number of ether oxygens (including phenoxy) is 6. The number of nitrogens with one attached hydrogen (secondary N) is 3. The molecule has 32 heteroatoms. The molecule has 13 aromatic rings. The lowest BCUT2D eigenvalue weighted by Gasteiger charge is -2.33. The Balaban J connectivity index is 0.000000157. The SMILES string of the molecule is C/C(=C\C(=O)c1cc(Cl)ccc1F)c1ccccc1.CC1(c2ccccc2)C=C(c2cc(Cl)ccc2F)ON1.CC1(c2ccccc2)C=C(c2cc(Cl)ccc2F)ON1C(=O)Cl.CNC1CCN(C)CC1.COc1ccc(CN2OC(O)(c3cc(Cl)ccc3F)CC2(C)c2ccccc2)c(OC)c1.COc1ccc(CN2OC(c3cc(Cl)ccc3F)=CC2(C)c2ccccc2)c(OC)c1.COc1ccc(CNO)c(OC)c1. The number of halogens is 11. The Morgan fingerprint density at radius 2 is 0.864 bits per heavy atom. The number of amides is 1. The first-order chi connectivity index (χ1) is 70.4. The summed E-state index contributed by atoms with van der Waals surface area (Å²) in [7, 11) is 13.8. The molecule has 0 aliphatic carbocycles. The molecule has 0 saturated carbocycles. The van der Waals surface area contributed by atoms with E-state index in [9.17, 15) is 36.6 Å². The summed E-state index contributed by atoms with van der Waals surface area (Å²) in [6, 6.07) is 86.5. The van der Waals surface area contributed by atoms with Crippen molar-refractivity contribution in [2.24, 2.45) is 0 Å². The van der Waals surface area contributed by atoms with Crippen molar-refractivity contribution in [2.75, 3.05) is 69.8 Å². The van der Waals surface area contributed by atoms with Crippen LogP contribution in [0.5, 0.6) is 34.5 Å². The third-order valence-electron chi connectivity index (χ3n) is 25.2. The summed E-state index contributed by atoms with van der Waals surface area (Å²) in [4.78, 5) is 49.5. The van der Waals surface area contributed by atoms with E-state index in [-0.39, 0.29) is 47.0 Å². The Bertz CT molecular complexity index is 6800. The molecule has 5 unspecified atom stereocenters. The van der Waals surface area contributed by atoms with Crippen LogP contribution in [0.2, 0.25) is 25.1 Å². The largest absolute Gasteiger partial charge is 0.497 e. The van der Waals surface area contributed by atoms with E-state index in [1.807, 2.05) is 239 Å². The highest BCUT2D eigenvalue weighted by atomic mass is 35.5. The number of ketones is 1. The fraction of sp³-hybridized carbons (Fsp3) is 0.235. The van der Waals surface area contributed by atoms with Crippen molar-refractivity contribution in [1.82, 2.24) is 36.4 Å². The number of hydrogen-bond acceptors (Lipinski definition) is 20. The summed E-state index contributed by atoms with van der Waals surface area (Å²) >= 11 is 35.5. The maximum absolute atomic E-state index is 14.7. The number of allylic oxidation sites excluding steroid dienone is 2. The molecule has 18 rings (SSSR count). The van der Waals surface area contributed by atoms with Gasteiger partial charge in [-0.3, -0.25) is 14.4 Å². The van der Waals surface area contributed by atoms with Gasteiger partial charge in [-0.2, -0.15) is 5.06 Å². The van der Waals surface area contributed by atoms with E-state index < -0.39 is 56.6 Å². The van der Waals surface area contributed by atoms with Crippen LogP contribution in [0, 0.1) is 29.1 Å². The number of nitrogens with zero attached hydrogens (tertiary/aromatic N) is 4. The van der Waals surface area contributed by atoms with Gasteiger partial charge in [0.15, 0.2) is 23.1 Å². The predicted molar refractivity (Wildman–Crippen MR) is 568 cm³/mol. The molecule has 13 aromatic carbocycles. The maximum atomic E-state index is 14.7. The van der Waals surface area contributed by atoms with Gasteiger partial charge in [0.05, 0.1) is 89.1 Å². The van der Waals surface area contributed by atoms with E-state index in [0.29, 0.717) is 89.6 Å². The fourth-order valence-electron chi connectivity index (χ4n) is 16.8. The van der Waals surface area contributed by atoms with Crippen molar-refractivity contribution >= 4 is 104 Å². The highest BCUT2D eigenvalue weighted by Crippen LogP contribution is 2.52. The average Bonchev–Trinajstić information content (AvgIpc) is 1.58. The van der Waals surface area contributed by atoms with E-state index >= 15 is 0 Å². The van der Waals surface area contributed by atoms with Gasteiger partial charge in [-0.1, -0.05) is 228 Å². The van der Waals surface area contributed by atoms with E-state index in [0.717, 1.165) is 66.9 Å². The smallest absolute Gasteiger partial charge is 0.350 e. The number of carbonyl (C=O) groups is 2. The van der Waals surface area contributed by atoms with Crippen LogP contribution in [0.1, 0.15) is 131 Å². The summed E-state index contributed by atoms with van der Waals surface area (Å²) in [5, 5.41) is 29.0. The molecule has 2 fully saturated rings. The van der Waals surface area contributed by atoms with Crippen molar-refractivity contribution in [3.05, 3.63) is 448 Å². The summed E-state index contributed by atoms with van der Waals surface area (Å²) < 4.78 is 103. The van der Waals surface area contributed by atoms with Gasteiger partial charge in [0, 0.05) is 84.6 Å². The Kier molecular flexibility index (Phi) is 40.1. The van der Waals surface area contributed by atoms with Crippen LogP contribution in [-0.2, 0) is 66.9 Å². The average molecular weight is 2130 g/mol. The molecule has 147 heavy (non-hydrogen) atoms. The normalized spacial score (nSPS) is 18.9. The summed E-state index contributed by atoms with van der Waals surface area (Å²) in [6.07, 6.45) is 9.57. The number of likely N-dealkylation sites (tertiary alicyclic amines) is 1. The van der Waals surface area contributed by atoms with Crippen LogP contribution < -0.4 is 44.7 Å². The highest BCUT2D eigenvalue weighted by Gasteiger charge is 2.55. The molecule has 2 saturated heterocycles. The molecule has 0 radical (unpaired) electrons. The number of benzene rings is 13. The topological polar surface area (TPSA) is 216 Å². The second-order valence-corrected chi connectivity index (χ2v) is 37.7. The van der Waals surface area contributed by atoms with Gasteiger partial charge in [-0.25, -0.2) is 27.4 Å². The molecule has 5 aliphatic rings. The minimum absolute atomic E-state index is 0.00338. The van der Waals surface area contributed by atoms with Crippen molar-refractivity contribution in [3.8, 4) is 34.5 Å². The van der Waals surface area contributed by atoms with Crippen LogP contribution in [0.3, 0.4) is 0 Å². The van der Waals surface area contributed by atoms with Crippen molar-refractivity contribution < 1.29 is 89.6 Å². The highest BCUT2D eigenvalue weighted by molar-refractivity contribution is 6.62. The number of piperidine rings is 1. The van der Waals surface area contributed by atoms with Gasteiger partial charge in [-0.15, -0.1) is 15.6 Å². The molecule has 5 N–H and O–H groups in total. The van der Waals surface area contributed by atoms with Crippen LogP contribution >= 0.6 is 69.6 Å². The fourth-order valence-corrected chi connectivity index (χ4v) is 17.9. The van der Waals surface area contributed by atoms with Gasteiger partial charge >= 0.3 is 5.37 Å². The lowest BCUT2D eigenvalue weighted by molar-refractivity contribution is -0.307. The summed E-state index contributed by atoms with van der Waals surface area (Å²) in [5.41, 5.74) is 11.1. The zero-order valence-corrected chi connectivity index (χ0v) is 87.6. The first-order valence-electron chi connectivity index (χ1n) is 46.5. The molecule has 0 spiro atoms. The molecule has 5 atom stereocenters. The summed E-state index contributed by atoms with van der Waals surface area (Å²) in [5.74, 6) is 0.441. The van der Waals surface area contributed by atoms with Crippen LogP contribution in [-0.4, -0.2) is 117 Å². The van der Waals surface area contributed by atoms with E-state index in [2.05, 4.69) is 35.3 Å². The lowest BCUT2D eigenvalue weighted by Crippen LogP contribution is -2.39. The molecule has 770 valence electrons. The maximum Gasteiger partial charge on any atom is 0.350 e. The van der Waals surface area contributed by atoms with Gasteiger partial charge in [0.2, 0.25) is 5.79 Å². The standard InChI is InChI=1S/C25H25ClFNO4.C25H23ClFNO3.C17H12Cl2FNO2.C16H13ClFNO.C16H12ClFO.C9H13NO3.C7H16N2/c1-24(18-7-5-4-6-8-18)16-25(29,21-13-19(26)10-12-22(21)27)32-28(24)15-17-9-11-20(30-2)14-23(17)31-3;1-25(18-7-5-4-6-8-18)15-24(21-13-19(26)10-12-22(21)27)31-28(25)16-17-9-11-20(29-2)14-23(17)30-3;1-17(11-5-3-2-4-6-11)10-15(23-21(17)16(19)22)13-9-12(18)7-8-14(13)20;1-16(11-5-3-2-4-6-11)10-15(20-19-16)13-9-12(17)7-8-14(13)18;1-11(12-5-3-2-4-6-12)9-16(19)14-10-13(17)7-8-15(14)18;1-12-8-4-3-7(6-10-11)9(5-8)13-2;1-8-7-3-5-9(2)6-4-7/h4-14,29H,15-16H2,1-3H3;4-15H,16H2,1-3H3;2-10H,1H3;2-10,19H,1H3;2-10H,1H3;3-5,10-11H,6H2,1-2H3;7-8H,3-6H2,1-2H3/b;;;;11-9+;;. The van der Waals surface area contributed by atoms with Crippen molar-refractivity contribution in [3.63, 3.8) is 0 Å². The first kappa shape index (κ1) is 113. The number of hydrogen-bond donors (Lipinski definition) is 5. The molecule has 5 heterocycles. The third-order valence-corrected chi connectivity index (χ3v) is 26.5. The number of aliphatic hydroxyl groups is 1. The number of hydroxylamine groups is 8. The predicted octanol–water partition coefficient (Wildman–Crippen LogP) is 27.5. The van der Waals surface area contributed by atoms with Gasteiger partial charge < -0.3 is 63.5 Å². The third kappa shape index (κ3) is 28.8. The van der Waals surface area contributed by atoms with Crippen LogP contribution in [0.25, 0.3) is 22.9 Å². The zero-order chi connectivity index (χ0) is 106. The molecule has 0 bridgehead atoms. The minimum Gasteiger partial charge on any atom is -0.497 e. The van der Waals surface area contributed by atoms with E-state index in [1.165, 1.54) is 111 Å². The van der Waals surface area contributed by atoms with Gasteiger partial charge in [0.25, 0.3) is 0 Å². The second-order valence-electron chi connectivity index (χ2n) is 35.2. The minimum atomic E-state index is -1.90. The molecule has 21 nitrogen and oxygen atoms in total. The Morgan fingerprint density at radius 1 is 0.463 bits per heavy atom. The molecular weight excluding hydrogens is 2010 g/mol.